The Morgan fingerprint density at radius 3 is 2.37 bits per heavy atom. The van der Waals surface area contributed by atoms with Gasteiger partial charge in [-0.15, -0.1) is 11.3 Å². The van der Waals surface area contributed by atoms with E-state index in [2.05, 4.69) is 52.7 Å². The fraction of sp³-hybridized carbons (Fsp3) is 0.273. The van der Waals surface area contributed by atoms with Crippen molar-refractivity contribution in [3.05, 3.63) is 87.1 Å². The average Bonchev–Trinajstić information content (AvgIpc) is 3.15. The molecule has 1 fully saturated rings. The highest BCUT2D eigenvalue weighted by Gasteiger charge is 2.25. The van der Waals surface area contributed by atoms with Crippen molar-refractivity contribution in [3.63, 3.8) is 0 Å². The molecule has 0 bridgehead atoms. The lowest BCUT2D eigenvalue weighted by Crippen LogP contribution is -2.45. The molecule has 0 radical (unpaired) electrons. The largest absolute Gasteiger partial charge is 0.489 e. The maximum absolute atomic E-state index is 6.22. The fourth-order valence-corrected chi connectivity index (χ4v) is 4.68. The third-order valence-electron chi connectivity index (χ3n) is 4.82. The molecule has 1 atom stereocenters. The number of thiophene rings is 1. The van der Waals surface area contributed by atoms with Crippen molar-refractivity contribution in [2.75, 3.05) is 26.2 Å². The van der Waals surface area contributed by atoms with Crippen LogP contribution in [0.4, 0.5) is 0 Å². The van der Waals surface area contributed by atoms with Crippen LogP contribution in [0.15, 0.2) is 66.7 Å². The summed E-state index contributed by atoms with van der Waals surface area (Å²) >= 11 is 7.89. The number of ether oxygens (including phenoxy) is 1. The molecule has 2 heterocycles. The van der Waals surface area contributed by atoms with E-state index in [4.69, 9.17) is 16.3 Å². The first-order chi connectivity index (χ1) is 13.3. The summed E-state index contributed by atoms with van der Waals surface area (Å²) in [4.78, 5) is 3.82. The van der Waals surface area contributed by atoms with Gasteiger partial charge >= 0.3 is 0 Å². The van der Waals surface area contributed by atoms with Crippen LogP contribution < -0.4 is 10.1 Å². The van der Waals surface area contributed by atoms with Crippen LogP contribution in [0.25, 0.3) is 0 Å². The molecule has 0 spiro atoms. The van der Waals surface area contributed by atoms with E-state index < -0.39 is 0 Å². The first kappa shape index (κ1) is 18.5. The van der Waals surface area contributed by atoms with Crippen LogP contribution in [-0.2, 0) is 6.61 Å². The van der Waals surface area contributed by atoms with Crippen LogP contribution in [0, 0.1) is 0 Å². The third kappa shape index (κ3) is 4.71. The molecule has 1 saturated heterocycles. The summed E-state index contributed by atoms with van der Waals surface area (Å²) < 4.78 is 6.78. The van der Waals surface area contributed by atoms with Gasteiger partial charge in [0, 0.05) is 31.1 Å². The highest BCUT2D eigenvalue weighted by atomic mass is 35.5. The van der Waals surface area contributed by atoms with Crippen LogP contribution in [0.5, 0.6) is 5.75 Å². The molecule has 140 valence electrons. The minimum absolute atomic E-state index is 0.243. The van der Waals surface area contributed by atoms with Gasteiger partial charge in [-0.3, -0.25) is 4.90 Å². The number of rotatable bonds is 6. The lowest BCUT2D eigenvalue weighted by atomic mass is 10.0. The van der Waals surface area contributed by atoms with Gasteiger partial charge in [0.1, 0.15) is 12.4 Å². The Morgan fingerprint density at radius 2 is 1.70 bits per heavy atom. The maximum Gasteiger partial charge on any atom is 0.119 e. The van der Waals surface area contributed by atoms with Crippen molar-refractivity contribution < 1.29 is 4.74 Å². The lowest BCUT2D eigenvalue weighted by molar-refractivity contribution is 0.200. The minimum Gasteiger partial charge on any atom is -0.489 e. The number of piperazine rings is 1. The number of hydrogen-bond acceptors (Lipinski definition) is 4. The molecule has 1 aliphatic rings. The lowest BCUT2D eigenvalue weighted by Gasteiger charge is -2.34. The molecule has 1 aliphatic heterocycles. The predicted octanol–water partition coefficient (Wildman–Crippen LogP) is 4.98. The zero-order chi connectivity index (χ0) is 18.5. The van der Waals surface area contributed by atoms with E-state index in [0.29, 0.717) is 6.61 Å². The average molecular weight is 399 g/mol. The van der Waals surface area contributed by atoms with Gasteiger partial charge in [0.15, 0.2) is 0 Å². The zero-order valence-electron chi connectivity index (χ0n) is 15.1. The molecule has 2 aromatic carbocycles. The fourth-order valence-electron chi connectivity index (χ4n) is 3.46. The first-order valence-corrected chi connectivity index (χ1v) is 10.5. The normalized spacial score (nSPS) is 16.2. The summed E-state index contributed by atoms with van der Waals surface area (Å²) in [6.45, 7) is 4.70. The molecule has 1 N–H and O–H groups in total. The van der Waals surface area contributed by atoms with Gasteiger partial charge in [-0.05, 0) is 35.4 Å². The van der Waals surface area contributed by atoms with E-state index in [9.17, 15) is 0 Å². The number of nitrogens with zero attached hydrogens (tertiary/aromatic N) is 1. The highest BCUT2D eigenvalue weighted by Crippen LogP contribution is 2.36. The van der Waals surface area contributed by atoms with E-state index in [-0.39, 0.29) is 6.04 Å². The SMILES string of the molecule is Clc1ccc(C(c2ccc(OCc3ccccc3)cc2)N2CCNCC2)s1. The van der Waals surface area contributed by atoms with Crippen molar-refractivity contribution in [2.45, 2.75) is 12.6 Å². The molecule has 0 amide bonds. The highest BCUT2D eigenvalue weighted by molar-refractivity contribution is 7.16. The van der Waals surface area contributed by atoms with Crippen LogP contribution in [0.2, 0.25) is 4.34 Å². The van der Waals surface area contributed by atoms with Gasteiger partial charge in [0.05, 0.1) is 10.4 Å². The Balaban J connectivity index is 1.51. The minimum atomic E-state index is 0.243. The second-order valence-electron chi connectivity index (χ2n) is 6.67. The van der Waals surface area contributed by atoms with Crippen LogP contribution in [0.3, 0.4) is 0 Å². The summed E-state index contributed by atoms with van der Waals surface area (Å²) in [5, 5.41) is 3.43. The van der Waals surface area contributed by atoms with Crippen molar-refractivity contribution in [2.24, 2.45) is 0 Å². The summed E-state index contributed by atoms with van der Waals surface area (Å²) in [5.41, 5.74) is 2.45. The topological polar surface area (TPSA) is 24.5 Å². The molecule has 0 aliphatic carbocycles. The molecule has 0 saturated carbocycles. The second-order valence-corrected chi connectivity index (χ2v) is 8.42. The van der Waals surface area contributed by atoms with Gasteiger partial charge < -0.3 is 10.1 Å². The molecular weight excluding hydrogens is 376 g/mol. The molecular formula is C22H23ClN2OS. The van der Waals surface area contributed by atoms with Gasteiger partial charge in [0.25, 0.3) is 0 Å². The van der Waals surface area contributed by atoms with Gasteiger partial charge in [-0.2, -0.15) is 0 Å². The van der Waals surface area contributed by atoms with Crippen LogP contribution in [-0.4, -0.2) is 31.1 Å². The Labute approximate surface area is 169 Å². The Morgan fingerprint density at radius 1 is 0.963 bits per heavy atom. The van der Waals surface area contributed by atoms with Crippen molar-refractivity contribution in [1.82, 2.24) is 10.2 Å². The summed E-state index contributed by atoms with van der Waals surface area (Å²) in [5.74, 6) is 0.894. The Hall–Kier alpha value is -1.85. The summed E-state index contributed by atoms with van der Waals surface area (Å²) in [7, 11) is 0. The van der Waals surface area contributed by atoms with Gasteiger partial charge in [-0.25, -0.2) is 0 Å². The monoisotopic (exact) mass is 398 g/mol. The molecule has 3 nitrogen and oxygen atoms in total. The van der Waals surface area contributed by atoms with E-state index in [1.165, 1.54) is 16.0 Å². The first-order valence-electron chi connectivity index (χ1n) is 9.26. The van der Waals surface area contributed by atoms with Crippen LogP contribution in [0.1, 0.15) is 22.0 Å². The Bertz CT molecular complexity index is 844. The quantitative estimate of drug-likeness (QED) is 0.634. The molecule has 27 heavy (non-hydrogen) atoms. The number of nitrogens with one attached hydrogen (secondary N) is 1. The summed E-state index contributed by atoms with van der Waals surface area (Å²) in [6, 6.07) is 23.1. The molecule has 1 unspecified atom stereocenters. The van der Waals surface area contributed by atoms with E-state index >= 15 is 0 Å². The van der Waals surface area contributed by atoms with Gasteiger partial charge in [0.2, 0.25) is 0 Å². The second kappa shape index (κ2) is 8.89. The van der Waals surface area contributed by atoms with E-state index in [0.717, 1.165) is 36.3 Å². The number of hydrogen-bond donors (Lipinski definition) is 1. The Kier molecular flexibility index (Phi) is 6.10. The van der Waals surface area contributed by atoms with Crippen molar-refractivity contribution >= 4 is 22.9 Å². The molecule has 5 heteroatoms. The third-order valence-corrected chi connectivity index (χ3v) is 6.11. The molecule has 4 rings (SSSR count). The zero-order valence-corrected chi connectivity index (χ0v) is 16.7. The van der Waals surface area contributed by atoms with Crippen molar-refractivity contribution in [3.8, 4) is 5.75 Å². The maximum atomic E-state index is 6.22. The van der Waals surface area contributed by atoms with E-state index in [1.54, 1.807) is 11.3 Å². The van der Waals surface area contributed by atoms with Gasteiger partial charge in [-0.1, -0.05) is 54.1 Å². The van der Waals surface area contributed by atoms with E-state index in [1.807, 2.05) is 24.3 Å². The van der Waals surface area contributed by atoms with Crippen LogP contribution >= 0.6 is 22.9 Å². The number of halogens is 1. The van der Waals surface area contributed by atoms with Crippen molar-refractivity contribution in [1.29, 1.82) is 0 Å². The standard InChI is InChI=1S/C22H23ClN2OS/c23-21-11-10-20(27-21)22(25-14-12-24-13-15-25)18-6-8-19(9-7-18)26-16-17-4-2-1-3-5-17/h1-11,22,24H,12-16H2. The molecule has 1 aromatic heterocycles. The molecule has 3 aromatic rings. The smallest absolute Gasteiger partial charge is 0.119 e. The summed E-state index contributed by atoms with van der Waals surface area (Å²) in [6.07, 6.45) is 0. The number of benzene rings is 2. The predicted molar refractivity (Wildman–Crippen MR) is 113 cm³/mol.